The largest absolute Gasteiger partial charge is 0.339 e. The molecule has 6 heteroatoms. The number of rotatable bonds is 3. The number of para-hydroxylation sites is 1. The average Bonchev–Trinajstić information content (AvgIpc) is 2.88. The molecule has 3 rings (SSSR count). The summed E-state index contributed by atoms with van der Waals surface area (Å²) in [5.41, 5.74) is 2.78. The minimum Gasteiger partial charge on any atom is -0.339 e. The summed E-state index contributed by atoms with van der Waals surface area (Å²) in [7, 11) is 0. The first-order valence-electron chi connectivity index (χ1n) is 6.17. The zero-order chi connectivity index (χ0) is 13.9. The van der Waals surface area contributed by atoms with E-state index in [2.05, 4.69) is 25.4 Å². The minimum absolute atomic E-state index is 0.402. The molecule has 0 spiro atoms. The summed E-state index contributed by atoms with van der Waals surface area (Å²) >= 11 is 0. The van der Waals surface area contributed by atoms with Gasteiger partial charge in [-0.25, -0.2) is 9.97 Å². The van der Waals surface area contributed by atoms with Crippen LogP contribution in [0.5, 0.6) is 0 Å². The molecule has 0 aliphatic carbocycles. The summed E-state index contributed by atoms with van der Waals surface area (Å²) in [5, 5.41) is 7.06. The Hall–Kier alpha value is -2.76. The number of hydrogen-bond donors (Lipinski definition) is 1. The van der Waals surface area contributed by atoms with Gasteiger partial charge in [-0.05, 0) is 25.5 Å². The number of anilines is 2. The number of hydrogen-bond acceptors (Lipinski definition) is 6. The Balaban J connectivity index is 2.01. The maximum atomic E-state index is 5.18. The summed E-state index contributed by atoms with van der Waals surface area (Å²) in [5.74, 6) is 1.61. The van der Waals surface area contributed by atoms with Crippen molar-refractivity contribution in [1.82, 2.24) is 20.1 Å². The lowest BCUT2D eigenvalue weighted by Crippen LogP contribution is -1.99. The van der Waals surface area contributed by atoms with Gasteiger partial charge in [-0.15, -0.1) is 0 Å². The first-order valence-corrected chi connectivity index (χ1v) is 6.17. The molecule has 0 aliphatic heterocycles. The number of benzene rings is 1. The molecule has 20 heavy (non-hydrogen) atoms. The topological polar surface area (TPSA) is 76.7 Å². The van der Waals surface area contributed by atoms with Gasteiger partial charge in [0.2, 0.25) is 0 Å². The quantitative estimate of drug-likeness (QED) is 0.786. The van der Waals surface area contributed by atoms with E-state index in [1.807, 2.05) is 31.2 Å². The van der Waals surface area contributed by atoms with E-state index in [0.29, 0.717) is 23.1 Å². The van der Waals surface area contributed by atoms with Gasteiger partial charge in [0.15, 0.2) is 5.82 Å². The smallest absolute Gasteiger partial charge is 0.263 e. The second kappa shape index (κ2) is 5.08. The molecular formula is C14H13N5O. The molecule has 0 radical (unpaired) electrons. The van der Waals surface area contributed by atoms with Crippen LogP contribution >= 0.6 is 0 Å². The first-order chi connectivity index (χ1) is 9.74. The van der Waals surface area contributed by atoms with Gasteiger partial charge in [-0.3, -0.25) is 0 Å². The van der Waals surface area contributed by atoms with E-state index in [4.69, 9.17) is 4.52 Å². The molecule has 3 aromatic rings. The third-order valence-corrected chi connectivity index (χ3v) is 2.87. The highest BCUT2D eigenvalue weighted by Gasteiger charge is 2.13. The molecule has 2 heterocycles. The van der Waals surface area contributed by atoms with Crippen molar-refractivity contribution in [2.24, 2.45) is 0 Å². The van der Waals surface area contributed by atoms with Crippen LogP contribution in [-0.2, 0) is 0 Å². The van der Waals surface area contributed by atoms with E-state index in [0.717, 1.165) is 11.3 Å². The van der Waals surface area contributed by atoms with Crippen LogP contribution in [0.1, 0.15) is 11.4 Å². The van der Waals surface area contributed by atoms with Crippen LogP contribution in [0.25, 0.3) is 11.5 Å². The van der Waals surface area contributed by atoms with Crippen molar-refractivity contribution in [2.45, 2.75) is 13.8 Å². The summed E-state index contributed by atoms with van der Waals surface area (Å²) in [6.45, 7) is 3.80. The van der Waals surface area contributed by atoms with E-state index in [-0.39, 0.29) is 0 Å². The van der Waals surface area contributed by atoms with Crippen molar-refractivity contribution >= 4 is 11.5 Å². The van der Waals surface area contributed by atoms with Gasteiger partial charge in [0, 0.05) is 11.9 Å². The Labute approximate surface area is 115 Å². The fraction of sp³-hybridized carbons (Fsp3) is 0.143. The number of aromatic nitrogens is 4. The van der Waals surface area contributed by atoms with E-state index < -0.39 is 0 Å². The molecular weight excluding hydrogens is 254 g/mol. The molecule has 1 N–H and O–H groups in total. The molecule has 0 unspecified atom stereocenters. The van der Waals surface area contributed by atoms with Gasteiger partial charge in [-0.1, -0.05) is 23.4 Å². The van der Waals surface area contributed by atoms with E-state index in [1.54, 1.807) is 13.1 Å². The maximum absolute atomic E-state index is 5.18. The van der Waals surface area contributed by atoms with E-state index in [1.165, 1.54) is 6.33 Å². The Bertz CT molecular complexity index is 738. The van der Waals surface area contributed by atoms with Crippen molar-refractivity contribution in [3.8, 4) is 11.5 Å². The van der Waals surface area contributed by atoms with Crippen molar-refractivity contribution in [3.63, 3.8) is 0 Å². The van der Waals surface area contributed by atoms with Crippen LogP contribution in [0.2, 0.25) is 0 Å². The van der Waals surface area contributed by atoms with Crippen LogP contribution in [0.4, 0.5) is 11.5 Å². The molecule has 0 saturated carbocycles. The second-order valence-electron chi connectivity index (χ2n) is 4.37. The van der Waals surface area contributed by atoms with Crippen LogP contribution in [0.15, 0.2) is 41.3 Å². The highest BCUT2D eigenvalue weighted by Crippen LogP contribution is 2.27. The molecule has 0 bridgehead atoms. The van der Waals surface area contributed by atoms with E-state index >= 15 is 0 Å². The molecule has 1 aromatic carbocycles. The van der Waals surface area contributed by atoms with Crippen molar-refractivity contribution < 1.29 is 4.52 Å². The minimum atomic E-state index is 0.402. The van der Waals surface area contributed by atoms with Gasteiger partial charge in [0.1, 0.15) is 17.7 Å². The van der Waals surface area contributed by atoms with Gasteiger partial charge in [0.25, 0.3) is 5.89 Å². The molecule has 0 atom stereocenters. The van der Waals surface area contributed by atoms with Gasteiger partial charge < -0.3 is 9.84 Å². The lowest BCUT2D eigenvalue weighted by atomic mass is 10.2. The number of nitrogens with one attached hydrogen (secondary N) is 1. The normalized spacial score (nSPS) is 10.5. The van der Waals surface area contributed by atoms with Crippen LogP contribution in [0, 0.1) is 13.8 Å². The third-order valence-electron chi connectivity index (χ3n) is 2.87. The fourth-order valence-corrected chi connectivity index (χ4v) is 1.83. The highest BCUT2D eigenvalue weighted by atomic mass is 16.5. The predicted octanol–water partition coefficient (Wildman–Crippen LogP) is 2.89. The third kappa shape index (κ3) is 2.35. The zero-order valence-corrected chi connectivity index (χ0v) is 11.2. The first kappa shape index (κ1) is 12.3. The molecule has 6 nitrogen and oxygen atoms in total. The Morgan fingerprint density at radius 3 is 2.75 bits per heavy atom. The fourth-order valence-electron chi connectivity index (χ4n) is 1.83. The van der Waals surface area contributed by atoms with Gasteiger partial charge >= 0.3 is 0 Å². The SMILES string of the molecule is Cc1noc(-c2cncnc2Nc2ccccc2C)n1. The van der Waals surface area contributed by atoms with Crippen molar-refractivity contribution in [2.75, 3.05) is 5.32 Å². The molecule has 0 aliphatic rings. The molecule has 2 aromatic heterocycles. The van der Waals surface area contributed by atoms with Crippen LogP contribution in [-0.4, -0.2) is 20.1 Å². The molecule has 0 fully saturated rings. The van der Waals surface area contributed by atoms with Gasteiger partial charge in [-0.2, -0.15) is 4.98 Å². The maximum Gasteiger partial charge on any atom is 0.263 e. The number of aryl methyl sites for hydroxylation is 2. The van der Waals surface area contributed by atoms with Gasteiger partial charge in [0.05, 0.1) is 0 Å². The van der Waals surface area contributed by atoms with Crippen LogP contribution in [0.3, 0.4) is 0 Å². The zero-order valence-electron chi connectivity index (χ0n) is 11.2. The standard InChI is InChI=1S/C14H13N5O/c1-9-5-3-4-6-12(9)18-13-11(7-15-8-16-13)14-17-10(2)19-20-14/h3-8H,1-2H3,(H,15,16,18). The summed E-state index contributed by atoms with van der Waals surface area (Å²) in [4.78, 5) is 12.5. The van der Waals surface area contributed by atoms with E-state index in [9.17, 15) is 0 Å². The second-order valence-corrected chi connectivity index (χ2v) is 4.37. The lowest BCUT2D eigenvalue weighted by molar-refractivity contribution is 0.425. The number of nitrogens with zero attached hydrogens (tertiary/aromatic N) is 4. The molecule has 0 amide bonds. The Morgan fingerprint density at radius 2 is 2.00 bits per heavy atom. The van der Waals surface area contributed by atoms with Crippen LogP contribution < -0.4 is 5.32 Å². The van der Waals surface area contributed by atoms with Crippen molar-refractivity contribution in [3.05, 3.63) is 48.2 Å². The Morgan fingerprint density at radius 1 is 1.15 bits per heavy atom. The summed E-state index contributed by atoms with van der Waals surface area (Å²) < 4.78 is 5.18. The predicted molar refractivity (Wildman–Crippen MR) is 74.5 cm³/mol. The molecule has 0 saturated heterocycles. The summed E-state index contributed by atoms with van der Waals surface area (Å²) in [6, 6.07) is 7.97. The highest BCUT2D eigenvalue weighted by molar-refractivity contribution is 5.73. The monoisotopic (exact) mass is 267 g/mol. The summed E-state index contributed by atoms with van der Waals surface area (Å²) in [6.07, 6.45) is 3.13. The average molecular weight is 267 g/mol. The lowest BCUT2D eigenvalue weighted by Gasteiger charge is -2.10. The van der Waals surface area contributed by atoms with Crippen molar-refractivity contribution in [1.29, 1.82) is 0 Å². The molecule has 100 valence electrons. The Kier molecular flexibility index (Phi) is 3.12.